The summed E-state index contributed by atoms with van der Waals surface area (Å²) >= 11 is 0. The van der Waals surface area contributed by atoms with Crippen LogP contribution in [0.25, 0.3) is 0 Å². The number of benzene rings is 4. The molecule has 0 aliphatic rings. The van der Waals surface area contributed by atoms with E-state index < -0.39 is 0 Å². The van der Waals surface area contributed by atoms with Gasteiger partial charge in [0.25, 0.3) is 0 Å². The Morgan fingerprint density at radius 3 is 1.73 bits per heavy atom. The van der Waals surface area contributed by atoms with E-state index in [1.54, 1.807) is 0 Å². The van der Waals surface area contributed by atoms with Gasteiger partial charge in [-0.25, -0.2) is 0 Å². The molecule has 0 fully saturated rings. The number of aryl methyl sites for hydroxylation is 2. The Kier molecular flexibility index (Phi) is 7.74. The van der Waals surface area contributed by atoms with Crippen LogP contribution in [0.3, 0.4) is 0 Å². The van der Waals surface area contributed by atoms with Gasteiger partial charge in [0.2, 0.25) is 6.41 Å². The average Bonchev–Trinajstić information content (AvgIpc) is 2.88. The van der Waals surface area contributed by atoms with Gasteiger partial charge in [-0.15, -0.1) is 0 Å². The van der Waals surface area contributed by atoms with Gasteiger partial charge in [-0.2, -0.15) is 0 Å². The zero-order valence-electron chi connectivity index (χ0n) is 18.4. The number of hydrogen-bond acceptors (Lipinski definition) is 3. The molecule has 4 nitrogen and oxygen atoms in total. The molecule has 4 aromatic carbocycles. The summed E-state index contributed by atoms with van der Waals surface area (Å²) < 4.78 is 12.3. The number of hydrogen-bond donors (Lipinski definition) is 1. The van der Waals surface area contributed by atoms with Gasteiger partial charge in [0.15, 0.2) is 11.5 Å². The summed E-state index contributed by atoms with van der Waals surface area (Å²) in [5.41, 5.74) is 5.41. The smallest absolute Gasteiger partial charge is 0.211 e. The molecule has 4 aromatic rings. The average molecular weight is 438 g/mol. The molecule has 4 rings (SSSR count). The molecular formula is C29H27NO3. The first-order valence-electron chi connectivity index (χ1n) is 11.1. The standard InChI is InChI=1S/C29H27NO3/c31-22-30-27-16-13-23(14-17-27)11-12-24-15-18-28(32-20-25-7-3-1-4-8-25)29(19-24)33-21-26-9-5-2-6-10-26/h1-10,13-19,22H,11-12,20-21H2,(H,30,31). The van der Waals surface area contributed by atoms with Crippen LogP contribution in [0, 0.1) is 0 Å². The topological polar surface area (TPSA) is 47.6 Å². The van der Waals surface area contributed by atoms with Crippen molar-refractivity contribution in [3.05, 3.63) is 125 Å². The van der Waals surface area contributed by atoms with E-state index in [0.29, 0.717) is 19.6 Å². The number of rotatable bonds is 11. The third-order valence-corrected chi connectivity index (χ3v) is 5.36. The van der Waals surface area contributed by atoms with Crippen LogP contribution in [0.4, 0.5) is 5.69 Å². The van der Waals surface area contributed by atoms with Gasteiger partial charge < -0.3 is 14.8 Å². The van der Waals surface area contributed by atoms with Crippen molar-refractivity contribution >= 4 is 12.1 Å². The van der Waals surface area contributed by atoms with E-state index >= 15 is 0 Å². The Labute approximate surface area is 194 Å². The highest BCUT2D eigenvalue weighted by Gasteiger charge is 2.09. The van der Waals surface area contributed by atoms with Crippen molar-refractivity contribution in [3.63, 3.8) is 0 Å². The zero-order chi connectivity index (χ0) is 22.7. The van der Waals surface area contributed by atoms with E-state index in [1.807, 2.05) is 66.7 Å². The first-order valence-corrected chi connectivity index (χ1v) is 11.1. The van der Waals surface area contributed by atoms with Crippen molar-refractivity contribution in [3.8, 4) is 11.5 Å². The molecule has 0 atom stereocenters. The van der Waals surface area contributed by atoms with E-state index in [4.69, 9.17) is 9.47 Å². The van der Waals surface area contributed by atoms with E-state index in [0.717, 1.165) is 41.2 Å². The lowest BCUT2D eigenvalue weighted by atomic mass is 10.0. The molecule has 0 bridgehead atoms. The highest BCUT2D eigenvalue weighted by Crippen LogP contribution is 2.30. The predicted molar refractivity (Wildman–Crippen MR) is 132 cm³/mol. The lowest BCUT2D eigenvalue weighted by Crippen LogP contribution is -2.02. The molecule has 0 spiro atoms. The summed E-state index contributed by atoms with van der Waals surface area (Å²) in [5.74, 6) is 1.49. The molecular weight excluding hydrogens is 410 g/mol. The van der Waals surface area contributed by atoms with E-state index in [-0.39, 0.29) is 0 Å². The Morgan fingerprint density at radius 2 is 1.12 bits per heavy atom. The number of carbonyl (C=O) groups excluding carboxylic acids is 1. The molecule has 166 valence electrons. The van der Waals surface area contributed by atoms with Crippen LogP contribution in [-0.4, -0.2) is 6.41 Å². The molecule has 1 amide bonds. The van der Waals surface area contributed by atoms with Crippen molar-refractivity contribution in [2.45, 2.75) is 26.1 Å². The van der Waals surface area contributed by atoms with Crippen LogP contribution in [-0.2, 0) is 30.8 Å². The second-order valence-electron chi connectivity index (χ2n) is 7.79. The van der Waals surface area contributed by atoms with Gasteiger partial charge in [0.05, 0.1) is 0 Å². The quantitative estimate of drug-likeness (QED) is 0.284. The Bertz CT molecular complexity index is 1140. The molecule has 0 radical (unpaired) electrons. The molecule has 0 unspecified atom stereocenters. The fraction of sp³-hybridized carbons (Fsp3) is 0.138. The van der Waals surface area contributed by atoms with E-state index in [2.05, 4.69) is 41.7 Å². The fourth-order valence-electron chi connectivity index (χ4n) is 3.54. The predicted octanol–water partition coefficient (Wildman–Crippen LogP) is 6.20. The molecule has 0 saturated heterocycles. The zero-order valence-corrected chi connectivity index (χ0v) is 18.4. The number of nitrogens with one attached hydrogen (secondary N) is 1. The van der Waals surface area contributed by atoms with Gasteiger partial charge in [0, 0.05) is 5.69 Å². The number of ether oxygens (including phenoxy) is 2. The van der Waals surface area contributed by atoms with Crippen molar-refractivity contribution in [2.24, 2.45) is 0 Å². The van der Waals surface area contributed by atoms with Gasteiger partial charge in [-0.1, -0.05) is 78.9 Å². The van der Waals surface area contributed by atoms with Gasteiger partial charge in [-0.3, -0.25) is 4.79 Å². The van der Waals surface area contributed by atoms with Crippen LogP contribution in [0.1, 0.15) is 22.3 Å². The van der Waals surface area contributed by atoms with E-state index in [1.165, 1.54) is 11.1 Å². The molecule has 0 aromatic heterocycles. The van der Waals surface area contributed by atoms with Crippen LogP contribution in [0.15, 0.2) is 103 Å². The minimum absolute atomic E-state index is 0.483. The molecule has 33 heavy (non-hydrogen) atoms. The van der Waals surface area contributed by atoms with Gasteiger partial charge in [-0.05, 0) is 59.4 Å². The van der Waals surface area contributed by atoms with Crippen LogP contribution < -0.4 is 14.8 Å². The van der Waals surface area contributed by atoms with Gasteiger partial charge in [0.1, 0.15) is 13.2 Å². The third kappa shape index (κ3) is 6.71. The molecule has 0 saturated carbocycles. The normalized spacial score (nSPS) is 10.4. The van der Waals surface area contributed by atoms with Crippen LogP contribution in [0.5, 0.6) is 11.5 Å². The van der Waals surface area contributed by atoms with Gasteiger partial charge >= 0.3 is 0 Å². The Morgan fingerprint density at radius 1 is 0.576 bits per heavy atom. The first kappa shape index (κ1) is 22.2. The summed E-state index contributed by atoms with van der Waals surface area (Å²) in [4.78, 5) is 10.6. The SMILES string of the molecule is O=CNc1ccc(CCc2ccc(OCc3ccccc3)c(OCc3ccccc3)c2)cc1. The Hall–Kier alpha value is -4.05. The summed E-state index contributed by atoms with van der Waals surface area (Å²) in [7, 11) is 0. The second-order valence-corrected chi connectivity index (χ2v) is 7.79. The lowest BCUT2D eigenvalue weighted by molar-refractivity contribution is -0.105. The minimum Gasteiger partial charge on any atom is -0.485 e. The Balaban J connectivity index is 1.45. The fourth-order valence-corrected chi connectivity index (χ4v) is 3.54. The minimum atomic E-state index is 0.483. The summed E-state index contributed by atoms with van der Waals surface area (Å²) in [5, 5.41) is 2.66. The molecule has 4 heteroatoms. The summed E-state index contributed by atoms with van der Waals surface area (Å²) in [6.45, 7) is 0.972. The van der Waals surface area contributed by atoms with Crippen molar-refractivity contribution in [1.82, 2.24) is 0 Å². The number of anilines is 1. The second kappa shape index (κ2) is 11.5. The lowest BCUT2D eigenvalue weighted by Gasteiger charge is -2.15. The number of carbonyl (C=O) groups is 1. The van der Waals surface area contributed by atoms with Crippen molar-refractivity contribution < 1.29 is 14.3 Å². The van der Waals surface area contributed by atoms with Crippen molar-refractivity contribution in [1.29, 1.82) is 0 Å². The highest BCUT2D eigenvalue weighted by molar-refractivity contribution is 5.71. The first-order chi connectivity index (χ1) is 16.3. The largest absolute Gasteiger partial charge is 0.485 e. The summed E-state index contributed by atoms with van der Waals surface area (Å²) in [6, 6.07) is 34.3. The maximum absolute atomic E-state index is 10.6. The number of amides is 1. The van der Waals surface area contributed by atoms with E-state index in [9.17, 15) is 4.79 Å². The highest BCUT2D eigenvalue weighted by atomic mass is 16.5. The summed E-state index contributed by atoms with van der Waals surface area (Å²) in [6.07, 6.45) is 2.46. The molecule has 1 N–H and O–H groups in total. The monoisotopic (exact) mass is 437 g/mol. The molecule has 0 aliphatic heterocycles. The molecule has 0 heterocycles. The van der Waals surface area contributed by atoms with Crippen LogP contribution in [0.2, 0.25) is 0 Å². The molecule has 0 aliphatic carbocycles. The van der Waals surface area contributed by atoms with Crippen LogP contribution >= 0.6 is 0 Å². The maximum atomic E-state index is 10.6. The third-order valence-electron chi connectivity index (χ3n) is 5.36. The van der Waals surface area contributed by atoms with Crippen molar-refractivity contribution in [2.75, 3.05) is 5.32 Å². The maximum Gasteiger partial charge on any atom is 0.211 e.